The quantitative estimate of drug-likeness (QED) is 0.625. The lowest BCUT2D eigenvalue weighted by molar-refractivity contribution is 0.775. The molecule has 2 rings (SSSR count). The molecule has 2 heterocycles. The van der Waals surface area contributed by atoms with E-state index in [1.807, 2.05) is 26.2 Å². The zero-order valence-electron chi connectivity index (χ0n) is 7.07. The van der Waals surface area contributed by atoms with Gasteiger partial charge in [-0.25, -0.2) is 4.98 Å². The van der Waals surface area contributed by atoms with E-state index in [1.165, 1.54) is 0 Å². The lowest BCUT2D eigenvalue weighted by Crippen LogP contribution is -1.92. The van der Waals surface area contributed by atoms with Crippen molar-refractivity contribution in [1.82, 2.24) is 14.8 Å². The van der Waals surface area contributed by atoms with E-state index in [2.05, 4.69) is 10.1 Å². The second kappa shape index (κ2) is 2.20. The van der Waals surface area contributed by atoms with E-state index in [-0.39, 0.29) is 0 Å². The van der Waals surface area contributed by atoms with Gasteiger partial charge in [-0.05, 0) is 13.0 Å². The molecule has 0 saturated heterocycles. The average Bonchev–Trinajstić information content (AvgIpc) is 2.30. The molecule has 0 amide bonds. The summed E-state index contributed by atoms with van der Waals surface area (Å²) in [6.07, 6.45) is 1.90. The summed E-state index contributed by atoms with van der Waals surface area (Å²) in [5, 5.41) is 5.15. The molecule has 0 bridgehead atoms. The van der Waals surface area contributed by atoms with Crippen molar-refractivity contribution in [2.24, 2.45) is 7.05 Å². The van der Waals surface area contributed by atoms with Crippen LogP contribution >= 0.6 is 0 Å². The molecule has 0 spiro atoms. The predicted molar refractivity (Wildman–Crippen MR) is 47.7 cm³/mol. The molecule has 0 aliphatic heterocycles. The third-order valence-corrected chi connectivity index (χ3v) is 1.84. The van der Waals surface area contributed by atoms with Crippen LogP contribution in [-0.4, -0.2) is 14.8 Å². The van der Waals surface area contributed by atoms with E-state index in [4.69, 9.17) is 5.73 Å². The smallest absolute Gasteiger partial charge is 0.181 e. The fourth-order valence-corrected chi connectivity index (χ4v) is 1.18. The predicted octanol–water partition coefficient (Wildman–Crippen LogP) is 0.859. The molecule has 0 aliphatic rings. The van der Waals surface area contributed by atoms with Gasteiger partial charge in [0.1, 0.15) is 0 Å². The lowest BCUT2D eigenvalue weighted by Gasteiger charge is -1.95. The number of anilines is 1. The van der Waals surface area contributed by atoms with Crippen molar-refractivity contribution >= 4 is 16.7 Å². The monoisotopic (exact) mass is 162 g/mol. The number of hydrogen-bond donors (Lipinski definition) is 1. The Balaban J connectivity index is 2.83. The first-order valence-corrected chi connectivity index (χ1v) is 3.73. The van der Waals surface area contributed by atoms with Gasteiger partial charge in [0.15, 0.2) is 5.65 Å². The standard InChI is InChI=1S/C8H10N4/c1-5-7(9)3-6-4-12(2)11-8(6)10-5/h3-4H,9H2,1-2H3. The molecule has 12 heavy (non-hydrogen) atoms. The molecule has 0 fully saturated rings. The molecule has 4 heteroatoms. The zero-order valence-corrected chi connectivity index (χ0v) is 7.07. The number of nitrogens with zero attached hydrogens (tertiary/aromatic N) is 3. The van der Waals surface area contributed by atoms with Gasteiger partial charge in [-0.2, -0.15) is 5.10 Å². The number of pyridine rings is 1. The fourth-order valence-electron chi connectivity index (χ4n) is 1.18. The Bertz CT molecular complexity index is 391. The molecule has 0 atom stereocenters. The van der Waals surface area contributed by atoms with Crippen LogP contribution in [0.5, 0.6) is 0 Å². The minimum Gasteiger partial charge on any atom is -0.397 e. The van der Waals surface area contributed by atoms with Crippen LogP contribution in [-0.2, 0) is 7.05 Å². The number of aryl methyl sites for hydroxylation is 2. The Morgan fingerprint density at radius 3 is 3.00 bits per heavy atom. The maximum absolute atomic E-state index is 5.70. The summed E-state index contributed by atoms with van der Waals surface area (Å²) in [4.78, 5) is 4.24. The van der Waals surface area contributed by atoms with Gasteiger partial charge in [-0.3, -0.25) is 4.68 Å². The molecule has 0 aromatic carbocycles. The Hall–Kier alpha value is -1.58. The van der Waals surface area contributed by atoms with Crippen molar-refractivity contribution in [3.8, 4) is 0 Å². The van der Waals surface area contributed by atoms with Crippen LogP contribution in [0.4, 0.5) is 5.69 Å². The second-order valence-electron chi connectivity index (χ2n) is 2.88. The summed E-state index contributed by atoms with van der Waals surface area (Å²) in [6.45, 7) is 1.88. The highest BCUT2D eigenvalue weighted by Gasteiger charge is 2.02. The molecule has 2 N–H and O–H groups in total. The van der Waals surface area contributed by atoms with Crippen molar-refractivity contribution in [1.29, 1.82) is 0 Å². The maximum Gasteiger partial charge on any atom is 0.181 e. The van der Waals surface area contributed by atoms with Crippen molar-refractivity contribution in [3.05, 3.63) is 18.0 Å². The number of nitrogen functional groups attached to an aromatic ring is 1. The van der Waals surface area contributed by atoms with Crippen molar-refractivity contribution < 1.29 is 0 Å². The lowest BCUT2D eigenvalue weighted by atomic mass is 10.3. The van der Waals surface area contributed by atoms with E-state index in [0.29, 0.717) is 0 Å². The first-order valence-electron chi connectivity index (χ1n) is 3.73. The largest absolute Gasteiger partial charge is 0.397 e. The van der Waals surface area contributed by atoms with E-state index in [0.717, 1.165) is 22.4 Å². The molecule has 2 aromatic heterocycles. The normalized spacial score (nSPS) is 10.8. The molecule has 0 radical (unpaired) electrons. The topological polar surface area (TPSA) is 56.7 Å². The molecule has 0 unspecified atom stereocenters. The summed E-state index contributed by atoms with van der Waals surface area (Å²) < 4.78 is 1.73. The molecule has 0 aliphatic carbocycles. The average molecular weight is 162 g/mol. The van der Waals surface area contributed by atoms with Crippen molar-refractivity contribution in [3.63, 3.8) is 0 Å². The number of rotatable bonds is 0. The van der Waals surface area contributed by atoms with E-state index >= 15 is 0 Å². The Morgan fingerprint density at radius 1 is 1.50 bits per heavy atom. The fraction of sp³-hybridized carbons (Fsp3) is 0.250. The third-order valence-electron chi connectivity index (χ3n) is 1.84. The molecular weight excluding hydrogens is 152 g/mol. The van der Waals surface area contributed by atoms with E-state index in [9.17, 15) is 0 Å². The number of nitrogens with two attached hydrogens (primary N) is 1. The van der Waals surface area contributed by atoms with Crippen LogP contribution in [0, 0.1) is 6.92 Å². The SMILES string of the molecule is Cc1nc2nn(C)cc2cc1N. The first-order chi connectivity index (χ1) is 5.66. The molecule has 2 aromatic rings. The van der Waals surface area contributed by atoms with Crippen LogP contribution < -0.4 is 5.73 Å². The Morgan fingerprint density at radius 2 is 2.25 bits per heavy atom. The van der Waals surface area contributed by atoms with Crippen molar-refractivity contribution in [2.75, 3.05) is 5.73 Å². The summed E-state index contributed by atoms with van der Waals surface area (Å²) in [6, 6.07) is 1.89. The van der Waals surface area contributed by atoms with Gasteiger partial charge in [0.25, 0.3) is 0 Å². The minimum absolute atomic E-state index is 0.718. The van der Waals surface area contributed by atoms with E-state index < -0.39 is 0 Å². The van der Waals surface area contributed by atoms with Gasteiger partial charge in [-0.1, -0.05) is 0 Å². The van der Waals surface area contributed by atoms with Crippen LogP contribution in [0.1, 0.15) is 5.69 Å². The third kappa shape index (κ3) is 0.922. The summed E-state index contributed by atoms with van der Waals surface area (Å²) >= 11 is 0. The first kappa shape index (κ1) is 7.09. The van der Waals surface area contributed by atoms with Gasteiger partial charge in [-0.15, -0.1) is 0 Å². The van der Waals surface area contributed by atoms with Crippen LogP contribution in [0.3, 0.4) is 0 Å². The molecule has 0 saturated carbocycles. The zero-order chi connectivity index (χ0) is 8.72. The Labute approximate surface area is 70.0 Å². The highest BCUT2D eigenvalue weighted by Crippen LogP contribution is 2.15. The number of aromatic nitrogens is 3. The van der Waals surface area contributed by atoms with E-state index in [1.54, 1.807) is 4.68 Å². The van der Waals surface area contributed by atoms with Crippen molar-refractivity contribution in [2.45, 2.75) is 6.92 Å². The minimum atomic E-state index is 0.718. The molecule has 62 valence electrons. The summed E-state index contributed by atoms with van der Waals surface area (Å²) in [5.41, 5.74) is 8.00. The summed E-state index contributed by atoms with van der Waals surface area (Å²) in [7, 11) is 1.87. The number of fused-ring (bicyclic) bond motifs is 1. The van der Waals surface area contributed by atoms with Crippen LogP contribution in [0.2, 0.25) is 0 Å². The summed E-state index contributed by atoms with van der Waals surface area (Å²) in [5.74, 6) is 0. The highest BCUT2D eigenvalue weighted by molar-refractivity contribution is 5.78. The van der Waals surface area contributed by atoms with Gasteiger partial charge >= 0.3 is 0 Å². The maximum atomic E-state index is 5.70. The molecular formula is C8H10N4. The van der Waals surface area contributed by atoms with Gasteiger partial charge < -0.3 is 5.73 Å². The highest BCUT2D eigenvalue weighted by atomic mass is 15.3. The van der Waals surface area contributed by atoms with Gasteiger partial charge in [0.2, 0.25) is 0 Å². The van der Waals surface area contributed by atoms with Crippen LogP contribution in [0.25, 0.3) is 11.0 Å². The van der Waals surface area contributed by atoms with Crippen LogP contribution in [0.15, 0.2) is 12.3 Å². The molecule has 4 nitrogen and oxygen atoms in total. The second-order valence-corrected chi connectivity index (χ2v) is 2.88. The Kier molecular flexibility index (Phi) is 1.30. The number of hydrogen-bond acceptors (Lipinski definition) is 3. The van der Waals surface area contributed by atoms with Gasteiger partial charge in [0, 0.05) is 18.6 Å². The van der Waals surface area contributed by atoms with Gasteiger partial charge in [0.05, 0.1) is 11.4 Å².